The van der Waals surface area contributed by atoms with E-state index in [4.69, 9.17) is 5.11 Å². The third kappa shape index (κ3) is 6.63. The van der Waals surface area contributed by atoms with Crippen LogP contribution in [0.1, 0.15) is 39.0 Å². The fourth-order valence-electron chi connectivity index (χ4n) is 3.06. The van der Waals surface area contributed by atoms with E-state index in [2.05, 4.69) is 12.2 Å². The number of rotatable bonds is 8. The monoisotopic (exact) mass is 278 g/mol. The Kier molecular flexibility index (Phi) is 8.50. The Morgan fingerprint density at radius 2 is 2.00 bits per heavy atom. The predicted molar refractivity (Wildman–Crippen MR) is 73.6 cm³/mol. The highest BCUT2D eigenvalue weighted by Gasteiger charge is 2.25. The number of halogens is 2. The van der Waals surface area contributed by atoms with Gasteiger partial charge in [0.15, 0.2) is 0 Å². The summed E-state index contributed by atoms with van der Waals surface area (Å²) in [5, 5.41) is 12.5. The Morgan fingerprint density at radius 3 is 2.63 bits per heavy atom. The van der Waals surface area contributed by atoms with Crippen molar-refractivity contribution < 1.29 is 13.9 Å². The quantitative estimate of drug-likeness (QED) is 0.668. The van der Waals surface area contributed by atoms with E-state index in [1.165, 1.54) is 19.3 Å². The van der Waals surface area contributed by atoms with Crippen molar-refractivity contribution in [3.8, 4) is 0 Å². The summed E-state index contributed by atoms with van der Waals surface area (Å²) < 4.78 is 25.1. The molecule has 0 spiro atoms. The average Bonchev–Trinajstić information content (AvgIpc) is 2.55. The van der Waals surface area contributed by atoms with Gasteiger partial charge in [0.05, 0.1) is 13.2 Å². The van der Waals surface area contributed by atoms with Gasteiger partial charge in [-0.2, -0.15) is 0 Å². The normalized spacial score (nSPS) is 24.9. The lowest BCUT2D eigenvalue weighted by Gasteiger charge is -2.31. The van der Waals surface area contributed by atoms with Crippen LogP contribution in [0.15, 0.2) is 0 Å². The van der Waals surface area contributed by atoms with E-state index in [0.717, 1.165) is 19.4 Å². The van der Waals surface area contributed by atoms with Crippen molar-refractivity contribution in [3.05, 3.63) is 0 Å². The molecule has 0 radical (unpaired) electrons. The van der Waals surface area contributed by atoms with Crippen LogP contribution in [0.2, 0.25) is 0 Å². The van der Waals surface area contributed by atoms with Crippen molar-refractivity contribution in [1.29, 1.82) is 0 Å². The maximum atomic E-state index is 12.5. The number of nitrogens with zero attached hydrogens (tertiary/aromatic N) is 1. The first-order valence-corrected chi connectivity index (χ1v) is 7.52. The van der Waals surface area contributed by atoms with Gasteiger partial charge in [0.1, 0.15) is 0 Å². The topological polar surface area (TPSA) is 35.5 Å². The van der Waals surface area contributed by atoms with E-state index in [1.54, 1.807) is 4.90 Å². The van der Waals surface area contributed by atoms with Crippen LogP contribution < -0.4 is 5.32 Å². The van der Waals surface area contributed by atoms with E-state index < -0.39 is 6.43 Å². The smallest absolute Gasteiger partial charge is 0.251 e. The first kappa shape index (κ1) is 16.8. The molecule has 0 bridgehead atoms. The van der Waals surface area contributed by atoms with Crippen molar-refractivity contribution in [1.82, 2.24) is 10.2 Å². The van der Waals surface area contributed by atoms with Crippen LogP contribution in [0.3, 0.4) is 0 Å². The minimum atomic E-state index is -2.32. The number of nitrogens with one attached hydrogen (secondary N) is 1. The molecule has 1 saturated carbocycles. The second kappa shape index (κ2) is 9.61. The zero-order valence-electron chi connectivity index (χ0n) is 12.0. The zero-order valence-corrected chi connectivity index (χ0v) is 12.0. The molecule has 0 amide bonds. The summed E-state index contributed by atoms with van der Waals surface area (Å²) in [6.07, 6.45) is 3.57. The predicted octanol–water partition coefficient (Wildman–Crippen LogP) is 2.10. The van der Waals surface area contributed by atoms with Gasteiger partial charge in [-0.3, -0.25) is 4.90 Å². The van der Waals surface area contributed by atoms with Crippen LogP contribution in [0.25, 0.3) is 0 Å². The number of alkyl halides is 2. The largest absolute Gasteiger partial charge is 0.395 e. The second-order valence-electron chi connectivity index (χ2n) is 5.44. The van der Waals surface area contributed by atoms with Gasteiger partial charge in [-0.05, 0) is 25.3 Å². The molecule has 1 aliphatic carbocycles. The molecule has 2 atom stereocenters. The first-order valence-electron chi connectivity index (χ1n) is 7.52. The molecule has 3 nitrogen and oxygen atoms in total. The lowest BCUT2D eigenvalue weighted by molar-refractivity contribution is 0.0648. The van der Waals surface area contributed by atoms with Crippen LogP contribution in [-0.2, 0) is 0 Å². The second-order valence-corrected chi connectivity index (χ2v) is 5.44. The molecule has 0 aromatic rings. The third-order valence-electron chi connectivity index (χ3n) is 3.93. The molecule has 5 heteroatoms. The fourth-order valence-corrected chi connectivity index (χ4v) is 3.06. The van der Waals surface area contributed by atoms with Gasteiger partial charge in [-0.15, -0.1) is 0 Å². The summed E-state index contributed by atoms with van der Waals surface area (Å²) in [6.45, 7) is 3.76. The molecule has 0 saturated heterocycles. The molecule has 1 rings (SSSR count). The van der Waals surface area contributed by atoms with Crippen molar-refractivity contribution in [2.45, 2.75) is 51.5 Å². The van der Waals surface area contributed by atoms with Crippen molar-refractivity contribution >= 4 is 0 Å². The number of hydrogen-bond donors (Lipinski definition) is 2. The molecule has 2 N–H and O–H groups in total. The van der Waals surface area contributed by atoms with Crippen LogP contribution in [0, 0.1) is 5.92 Å². The maximum Gasteiger partial charge on any atom is 0.251 e. The molecule has 1 fully saturated rings. The van der Waals surface area contributed by atoms with Gasteiger partial charge in [0.25, 0.3) is 6.43 Å². The van der Waals surface area contributed by atoms with Gasteiger partial charge in [0.2, 0.25) is 0 Å². The Labute approximate surface area is 115 Å². The summed E-state index contributed by atoms with van der Waals surface area (Å²) in [4.78, 5) is 1.71. The van der Waals surface area contributed by atoms with Gasteiger partial charge in [0, 0.05) is 19.1 Å². The van der Waals surface area contributed by atoms with Gasteiger partial charge < -0.3 is 10.4 Å². The molecule has 1 aliphatic rings. The lowest BCUT2D eigenvalue weighted by Crippen LogP contribution is -2.44. The summed E-state index contributed by atoms with van der Waals surface area (Å²) >= 11 is 0. The molecular formula is C14H28F2N2O. The highest BCUT2D eigenvalue weighted by Crippen LogP contribution is 2.24. The minimum Gasteiger partial charge on any atom is -0.395 e. The standard InChI is InChI=1S/C14H28F2N2O/c1-2-17-13-7-5-3-4-6-12(13)10-18(8-9-19)11-14(15)16/h12-14,17,19H,2-11H2,1H3. The third-order valence-corrected chi connectivity index (χ3v) is 3.93. The van der Waals surface area contributed by atoms with Crippen molar-refractivity contribution in [3.63, 3.8) is 0 Å². The zero-order chi connectivity index (χ0) is 14.1. The summed E-state index contributed by atoms with van der Waals surface area (Å²) in [7, 11) is 0. The molecule has 0 aliphatic heterocycles. The molecule has 19 heavy (non-hydrogen) atoms. The molecule has 0 heterocycles. The van der Waals surface area contributed by atoms with E-state index in [9.17, 15) is 8.78 Å². The van der Waals surface area contributed by atoms with E-state index in [0.29, 0.717) is 25.0 Å². The van der Waals surface area contributed by atoms with Crippen molar-refractivity contribution in [2.24, 2.45) is 5.92 Å². The summed E-state index contributed by atoms with van der Waals surface area (Å²) in [5.74, 6) is 0.424. The fraction of sp³-hybridized carbons (Fsp3) is 1.00. The van der Waals surface area contributed by atoms with E-state index in [1.807, 2.05) is 0 Å². The first-order chi connectivity index (χ1) is 9.17. The highest BCUT2D eigenvalue weighted by atomic mass is 19.3. The van der Waals surface area contributed by atoms with Crippen LogP contribution in [0.4, 0.5) is 8.78 Å². The Morgan fingerprint density at radius 1 is 1.26 bits per heavy atom. The van der Waals surface area contributed by atoms with E-state index >= 15 is 0 Å². The number of hydrogen-bond acceptors (Lipinski definition) is 3. The molecule has 0 aromatic heterocycles. The SMILES string of the molecule is CCNC1CCCCCC1CN(CCO)CC(F)F. The Balaban J connectivity index is 2.55. The molecule has 114 valence electrons. The van der Waals surface area contributed by atoms with Gasteiger partial charge >= 0.3 is 0 Å². The Hall–Kier alpha value is -0.260. The van der Waals surface area contributed by atoms with Crippen LogP contribution >= 0.6 is 0 Å². The average molecular weight is 278 g/mol. The van der Waals surface area contributed by atoms with E-state index in [-0.39, 0.29) is 13.2 Å². The Bertz CT molecular complexity index is 229. The van der Waals surface area contributed by atoms with Crippen LogP contribution in [-0.4, -0.2) is 55.3 Å². The number of aliphatic hydroxyl groups is 1. The molecule has 0 aromatic carbocycles. The van der Waals surface area contributed by atoms with Crippen molar-refractivity contribution in [2.75, 3.05) is 32.8 Å². The summed E-state index contributed by atoms with van der Waals surface area (Å²) in [6, 6.07) is 0.436. The lowest BCUT2D eigenvalue weighted by atomic mass is 9.94. The minimum absolute atomic E-state index is 0.0503. The summed E-state index contributed by atoms with van der Waals surface area (Å²) in [5.41, 5.74) is 0. The molecule has 2 unspecified atom stereocenters. The maximum absolute atomic E-state index is 12.5. The number of aliphatic hydroxyl groups excluding tert-OH is 1. The van der Waals surface area contributed by atoms with Gasteiger partial charge in [-0.1, -0.05) is 26.2 Å². The van der Waals surface area contributed by atoms with Gasteiger partial charge in [-0.25, -0.2) is 8.78 Å². The highest BCUT2D eigenvalue weighted by molar-refractivity contribution is 4.82. The molecular weight excluding hydrogens is 250 g/mol. The van der Waals surface area contributed by atoms with Crippen LogP contribution in [0.5, 0.6) is 0 Å².